The van der Waals surface area contributed by atoms with E-state index in [1.807, 2.05) is 24.3 Å². The van der Waals surface area contributed by atoms with Crippen LogP contribution in [-0.2, 0) is 4.79 Å². The summed E-state index contributed by atoms with van der Waals surface area (Å²) in [5, 5.41) is 3.01. The van der Waals surface area contributed by atoms with Crippen LogP contribution >= 0.6 is 0 Å². The first kappa shape index (κ1) is 15.6. The molecule has 116 valence electrons. The molecule has 1 amide bonds. The number of nitrogens with two attached hydrogens (primary N) is 1. The third kappa shape index (κ3) is 3.88. The molecule has 1 heterocycles. The molecule has 1 aliphatic rings. The highest BCUT2D eigenvalue weighted by Gasteiger charge is 2.28. The van der Waals surface area contributed by atoms with Gasteiger partial charge in [0.2, 0.25) is 5.91 Å². The first-order chi connectivity index (χ1) is 10.3. The summed E-state index contributed by atoms with van der Waals surface area (Å²) in [7, 11) is 1.66. The van der Waals surface area contributed by atoms with Crippen LogP contribution in [0.5, 0.6) is 5.75 Å². The molecule has 0 radical (unpaired) electrons. The lowest BCUT2D eigenvalue weighted by Crippen LogP contribution is -2.47. The number of ether oxygens (including phenoxy) is 1. The van der Waals surface area contributed by atoms with Gasteiger partial charge in [0.05, 0.1) is 12.8 Å². The number of hydrogen-bond acceptors (Lipinski definition) is 4. The lowest BCUT2D eigenvalue weighted by Gasteiger charge is -2.33. The lowest BCUT2D eigenvalue weighted by molar-refractivity contribution is -0.122. The molecule has 0 spiro atoms. The van der Waals surface area contributed by atoms with E-state index in [0.717, 1.165) is 50.2 Å². The summed E-state index contributed by atoms with van der Waals surface area (Å²) in [6.45, 7) is 2.14. The SMILES string of the molecule is COc1ccccc1N(CCCN)C1CCCCNC1=O. The van der Waals surface area contributed by atoms with Gasteiger partial charge in [-0.3, -0.25) is 4.79 Å². The first-order valence-corrected chi connectivity index (χ1v) is 7.65. The van der Waals surface area contributed by atoms with Crippen molar-refractivity contribution in [3.05, 3.63) is 24.3 Å². The Morgan fingerprint density at radius 1 is 1.38 bits per heavy atom. The van der Waals surface area contributed by atoms with Crippen LogP contribution in [0.3, 0.4) is 0 Å². The monoisotopic (exact) mass is 291 g/mol. The highest BCUT2D eigenvalue weighted by atomic mass is 16.5. The summed E-state index contributed by atoms with van der Waals surface area (Å²) in [6.07, 6.45) is 3.81. The van der Waals surface area contributed by atoms with Crippen molar-refractivity contribution in [2.24, 2.45) is 5.73 Å². The second-order valence-corrected chi connectivity index (χ2v) is 5.31. The molecule has 1 aliphatic heterocycles. The standard InChI is InChI=1S/C16H25N3O2/c1-21-15-9-3-2-7-13(15)19(12-6-10-17)14-8-4-5-11-18-16(14)20/h2-3,7,9,14H,4-6,8,10-12,17H2,1H3,(H,18,20). The number of rotatable bonds is 6. The van der Waals surface area contributed by atoms with Gasteiger partial charge in [-0.15, -0.1) is 0 Å². The van der Waals surface area contributed by atoms with Crippen molar-refractivity contribution in [1.82, 2.24) is 5.32 Å². The summed E-state index contributed by atoms with van der Waals surface area (Å²) in [5.74, 6) is 0.905. The third-order valence-corrected chi connectivity index (χ3v) is 3.88. The molecule has 1 aromatic rings. The van der Waals surface area contributed by atoms with Gasteiger partial charge in [-0.05, 0) is 44.4 Å². The van der Waals surface area contributed by atoms with Crippen LogP contribution in [0, 0.1) is 0 Å². The maximum atomic E-state index is 12.4. The molecule has 0 bridgehead atoms. The van der Waals surface area contributed by atoms with E-state index in [1.54, 1.807) is 7.11 Å². The minimum absolute atomic E-state index is 0.107. The Hall–Kier alpha value is -1.75. The number of nitrogens with zero attached hydrogens (tertiary/aromatic N) is 1. The zero-order chi connectivity index (χ0) is 15.1. The normalized spacial score (nSPS) is 18.8. The van der Waals surface area contributed by atoms with Gasteiger partial charge >= 0.3 is 0 Å². The molecule has 2 rings (SSSR count). The van der Waals surface area contributed by atoms with E-state index in [2.05, 4.69) is 10.2 Å². The number of carbonyl (C=O) groups is 1. The quantitative estimate of drug-likeness (QED) is 0.834. The molecule has 21 heavy (non-hydrogen) atoms. The van der Waals surface area contributed by atoms with E-state index in [1.165, 1.54) is 0 Å². The molecule has 1 saturated heterocycles. The number of carbonyl (C=O) groups excluding carboxylic acids is 1. The van der Waals surface area contributed by atoms with E-state index in [0.29, 0.717) is 6.54 Å². The van der Waals surface area contributed by atoms with Crippen LogP contribution in [0.2, 0.25) is 0 Å². The fraction of sp³-hybridized carbons (Fsp3) is 0.562. The smallest absolute Gasteiger partial charge is 0.242 e. The van der Waals surface area contributed by atoms with Crippen molar-refractivity contribution in [2.75, 3.05) is 31.6 Å². The van der Waals surface area contributed by atoms with Crippen LogP contribution in [0.25, 0.3) is 0 Å². The van der Waals surface area contributed by atoms with Gasteiger partial charge in [0.15, 0.2) is 0 Å². The average molecular weight is 291 g/mol. The van der Waals surface area contributed by atoms with Gasteiger partial charge < -0.3 is 20.7 Å². The Balaban J connectivity index is 2.30. The molecule has 5 nitrogen and oxygen atoms in total. The zero-order valence-electron chi connectivity index (χ0n) is 12.7. The molecular formula is C16H25N3O2. The maximum Gasteiger partial charge on any atom is 0.242 e. The van der Waals surface area contributed by atoms with Crippen molar-refractivity contribution < 1.29 is 9.53 Å². The Labute approximate surface area is 126 Å². The van der Waals surface area contributed by atoms with Gasteiger partial charge in [0.25, 0.3) is 0 Å². The number of anilines is 1. The fourth-order valence-electron chi connectivity index (χ4n) is 2.79. The van der Waals surface area contributed by atoms with Crippen molar-refractivity contribution in [2.45, 2.75) is 31.7 Å². The Bertz CT molecular complexity index is 465. The van der Waals surface area contributed by atoms with E-state index in [9.17, 15) is 4.79 Å². The molecular weight excluding hydrogens is 266 g/mol. The molecule has 1 unspecified atom stereocenters. The lowest BCUT2D eigenvalue weighted by atomic mass is 10.1. The topological polar surface area (TPSA) is 67.6 Å². The second-order valence-electron chi connectivity index (χ2n) is 5.31. The van der Waals surface area contributed by atoms with E-state index >= 15 is 0 Å². The van der Waals surface area contributed by atoms with Gasteiger partial charge in [-0.1, -0.05) is 12.1 Å². The van der Waals surface area contributed by atoms with Crippen molar-refractivity contribution in [1.29, 1.82) is 0 Å². The molecule has 0 aliphatic carbocycles. The summed E-state index contributed by atoms with van der Waals surface area (Å²) in [4.78, 5) is 14.5. The number of nitrogens with one attached hydrogen (secondary N) is 1. The van der Waals surface area contributed by atoms with E-state index in [-0.39, 0.29) is 11.9 Å². The summed E-state index contributed by atoms with van der Waals surface area (Å²) in [6, 6.07) is 7.71. The summed E-state index contributed by atoms with van der Waals surface area (Å²) < 4.78 is 5.46. The van der Waals surface area contributed by atoms with Crippen LogP contribution in [0.4, 0.5) is 5.69 Å². The predicted octanol–water partition coefficient (Wildman–Crippen LogP) is 1.52. The Morgan fingerprint density at radius 2 is 2.19 bits per heavy atom. The molecule has 1 atom stereocenters. The van der Waals surface area contributed by atoms with Gasteiger partial charge in [0.1, 0.15) is 11.8 Å². The number of hydrogen-bond donors (Lipinski definition) is 2. The predicted molar refractivity (Wildman–Crippen MR) is 84.7 cm³/mol. The van der Waals surface area contributed by atoms with Crippen LogP contribution in [0.15, 0.2) is 24.3 Å². The maximum absolute atomic E-state index is 12.4. The van der Waals surface area contributed by atoms with Gasteiger partial charge in [-0.25, -0.2) is 0 Å². The number of amides is 1. The van der Waals surface area contributed by atoms with Crippen molar-refractivity contribution in [3.63, 3.8) is 0 Å². The van der Waals surface area contributed by atoms with E-state index < -0.39 is 0 Å². The largest absolute Gasteiger partial charge is 0.495 e. The van der Waals surface area contributed by atoms with Gasteiger partial charge in [0, 0.05) is 13.1 Å². The zero-order valence-corrected chi connectivity index (χ0v) is 12.7. The van der Waals surface area contributed by atoms with Crippen molar-refractivity contribution in [3.8, 4) is 5.75 Å². The minimum Gasteiger partial charge on any atom is -0.495 e. The Morgan fingerprint density at radius 3 is 2.95 bits per heavy atom. The third-order valence-electron chi connectivity index (χ3n) is 3.88. The summed E-state index contributed by atoms with van der Waals surface area (Å²) >= 11 is 0. The van der Waals surface area contributed by atoms with Crippen LogP contribution < -0.4 is 20.7 Å². The minimum atomic E-state index is -0.143. The van der Waals surface area contributed by atoms with Crippen LogP contribution in [0.1, 0.15) is 25.7 Å². The fourth-order valence-corrected chi connectivity index (χ4v) is 2.79. The van der Waals surface area contributed by atoms with E-state index in [4.69, 9.17) is 10.5 Å². The van der Waals surface area contributed by atoms with Gasteiger partial charge in [-0.2, -0.15) is 0 Å². The molecule has 0 aromatic heterocycles. The van der Waals surface area contributed by atoms with Crippen molar-refractivity contribution >= 4 is 11.6 Å². The molecule has 3 N–H and O–H groups in total. The first-order valence-electron chi connectivity index (χ1n) is 7.65. The highest BCUT2D eigenvalue weighted by molar-refractivity contribution is 5.86. The van der Waals surface area contributed by atoms with Crippen LogP contribution in [-0.4, -0.2) is 38.7 Å². The second kappa shape index (κ2) is 7.88. The number of methoxy groups -OCH3 is 1. The average Bonchev–Trinajstić information content (AvgIpc) is 2.73. The number of para-hydroxylation sites is 2. The molecule has 1 aromatic carbocycles. The highest BCUT2D eigenvalue weighted by Crippen LogP contribution is 2.31. The molecule has 5 heteroatoms. The Kier molecular flexibility index (Phi) is 5.87. The summed E-state index contributed by atoms with van der Waals surface area (Å²) in [5.41, 5.74) is 6.63. The molecule has 1 fully saturated rings. The molecule has 0 saturated carbocycles. The number of benzene rings is 1.